The highest BCUT2D eigenvalue weighted by molar-refractivity contribution is 5.83. The minimum Gasteiger partial charge on any atom is -0.478 e. The van der Waals surface area contributed by atoms with E-state index in [9.17, 15) is 9.90 Å². The van der Waals surface area contributed by atoms with Gasteiger partial charge in [-0.05, 0) is 61.6 Å². The Bertz CT molecular complexity index is 1060. The van der Waals surface area contributed by atoms with Gasteiger partial charge in [-0.1, -0.05) is 92.8 Å². The number of aromatic nitrogens is 1. The van der Waals surface area contributed by atoms with Crippen LogP contribution in [-0.2, 0) is 4.79 Å². The van der Waals surface area contributed by atoms with Gasteiger partial charge in [-0.25, -0.2) is 4.79 Å². The summed E-state index contributed by atoms with van der Waals surface area (Å²) in [5.41, 5.74) is 14.2. The number of aliphatic carboxylic acids is 1. The smallest absolute Gasteiger partial charge is 0.328 e. The minimum absolute atomic E-state index is 0.225. The first kappa shape index (κ1) is 30.0. The zero-order valence-corrected chi connectivity index (χ0v) is 23.1. The quantitative estimate of drug-likeness (QED) is 0.161. The number of unbranched alkanes of at least 4 members (excludes halogenated alkanes) is 1. The molecule has 3 rings (SSSR count). The third-order valence-corrected chi connectivity index (χ3v) is 7.23. The standard InChI is InChI=1S/C31H45N6O2/c1-2-3-12-25(32)13-7-11-24(16-15-23-9-5-4-6-10-23)17-18-27(36-29-14-8-20-34-29)26(22-30(38)39)28-19-21-35-31(33)37-28/h4-6,8-10,14-16,20,22,24-25,27-28,34H,2-3,7,11-13,17-19,21,32H2,1H3,(H,38,39)(H3,33,35,37)/q-1/b16-15+,26-22-/t24-,25+,27-,28+/m1/s1. The molecule has 2 aromatic rings. The summed E-state index contributed by atoms with van der Waals surface area (Å²) in [6, 6.07) is 13.8. The summed E-state index contributed by atoms with van der Waals surface area (Å²) in [4.78, 5) is 19.3. The molecule has 1 aromatic heterocycles. The summed E-state index contributed by atoms with van der Waals surface area (Å²) >= 11 is 0. The van der Waals surface area contributed by atoms with Crippen molar-refractivity contribution < 1.29 is 9.90 Å². The van der Waals surface area contributed by atoms with Crippen molar-refractivity contribution >= 4 is 23.8 Å². The number of H-pyrrole nitrogens is 1. The Morgan fingerprint density at radius 2 is 1.92 bits per heavy atom. The van der Waals surface area contributed by atoms with E-state index in [1.54, 1.807) is 0 Å². The summed E-state index contributed by atoms with van der Waals surface area (Å²) in [7, 11) is 0. The number of nitrogens with one attached hydrogen (secondary N) is 2. The largest absolute Gasteiger partial charge is 0.478 e. The van der Waals surface area contributed by atoms with Gasteiger partial charge in [-0.15, -0.1) is 0 Å². The van der Waals surface area contributed by atoms with E-state index in [0.717, 1.165) is 43.5 Å². The van der Waals surface area contributed by atoms with Crippen LogP contribution in [0, 0.1) is 5.92 Å². The van der Waals surface area contributed by atoms with Gasteiger partial charge in [0.25, 0.3) is 0 Å². The van der Waals surface area contributed by atoms with Crippen molar-refractivity contribution in [1.29, 1.82) is 0 Å². The molecule has 0 radical (unpaired) electrons. The normalized spacial score (nSPS) is 18.3. The monoisotopic (exact) mass is 533 g/mol. The maximum absolute atomic E-state index is 11.9. The van der Waals surface area contributed by atoms with Crippen molar-refractivity contribution in [1.82, 2.24) is 10.3 Å². The molecule has 1 aromatic carbocycles. The van der Waals surface area contributed by atoms with Crippen LogP contribution in [0.4, 0.5) is 5.82 Å². The molecule has 0 aliphatic carbocycles. The number of aliphatic imine (C=N–C) groups is 1. The van der Waals surface area contributed by atoms with Crippen LogP contribution in [0.2, 0.25) is 0 Å². The first-order valence-corrected chi connectivity index (χ1v) is 14.3. The van der Waals surface area contributed by atoms with E-state index in [0.29, 0.717) is 31.3 Å². The van der Waals surface area contributed by atoms with Crippen LogP contribution in [-0.4, -0.2) is 46.7 Å². The van der Waals surface area contributed by atoms with Crippen LogP contribution < -0.4 is 16.8 Å². The van der Waals surface area contributed by atoms with Crippen molar-refractivity contribution in [2.24, 2.45) is 22.4 Å². The second-order valence-electron chi connectivity index (χ2n) is 10.4. The average Bonchev–Trinajstić information content (AvgIpc) is 3.44. The van der Waals surface area contributed by atoms with Crippen LogP contribution in [0.15, 0.2) is 71.4 Å². The molecule has 0 fully saturated rings. The Hall–Kier alpha value is -3.52. The van der Waals surface area contributed by atoms with Crippen LogP contribution >= 0.6 is 0 Å². The van der Waals surface area contributed by atoms with E-state index in [-0.39, 0.29) is 18.1 Å². The van der Waals surface area contributed by atoms with Gasteiger partial charge in [0.05, 0.1) is 6.04 Å². The third kappa shape index (κ3) is 11.0. The predicted molar refractivity (Wildman–Crippen MR) is 161 cm³/mol. The lowest BCUT2D eigenvalue weighted by molar-refractivity contribution is -0.131. The topological polar surface area (TPSA) is 144 Å². The molecule has 1 aliphatic heterocycles. The highest BCUT2D eigenvalue weighted by Crippen LogP contribution is 2.32. The fourth-order valence-corrected chi connectivity index (χ4v) is 5.08. The fourth-order valence-electron chi connectivity index (χ4n) is 5.08. The van der Waals surface area contributed by atoms with E-state index in [1.165, 1.54) is 24.5 Å². The molecule has 0 saturated carbocycles. The summed E-state index contributed by atoms with van der Waals surface area (Å²) < 4.78 is 0. The molecule has 4 atom stereocenters. The molecular formula is C31H45N6O2-. The summed E-state index contributed by atoms with van der Waals surface area (Å²) in [5.74, 6) is 0.402. The Morgan fingerprint density at radius 3 is 2.62 bits per heavy atom. The van der Waals surface area contributed by atoms with E-state index in [2.05, 4.69) is 46.5 Å². The summed E-state index contributed by atoms with van der Waals surface area (Å²) in [5, 5.41) is 17.9. The molecule has 0 unspecified atom stereocenters. The SMILES string of the molecule is CCCC[C@H](N)CCC[C@H](/C=C/c1ccccc1)CC[C@@H]([N-]c1ccc[nH]1)/C(=C/C(=O)O)[C@@H]1CCN=C(N)N1. The number of carbonyl (C=O) groups is 1. The number of nitrogens with zero attached hydrogens (tertiary/aromatic N) is 2. The zero-order chi connectivity index (χ0) is 27.9. The van der Waals surface area contributed by atoms with Gasteiger partial charge in [0.2, 0.25) is 0 Å². The second kappa shape index (κ2) is 16.4. The highest BCUT2D eigenvalue weighted by atomic mass is 16.4. The fraction of sp³-hybridized carbons (Fsp3) is 0.484. The van der Waals surface area contributed by atoms with Gasteiger partial charge >= 0.3 is 5.97 Å². The molecule has 2 heterocycles. The molecule has 0 bridgehead atoms. The zero-order valence-electron chi connectivity index (χ0n) is 23.1. The van der Waals surface area contributed by atoms with Crippen LogP contribution in [0.1, 0.15) is 70.3 Å². The number of nitrogens with two attached hydrogens (primary N) is 2. The van der Waals surface area contributed by atoms with Crippen LogP contribution in [0.3, 0.4) is 0 Å². The van der Waals surface area contributed by atoms with E-state index in [1.807, 2.05) is 36.5 Å². The molecule has 1 aliphatic rings. The predicted octanol–water partition coefficient (Wildman–Crippen LogP) is 5.87. The maximum atomic E-state index is 11.9. The number of allylic oxidation sites excluding steroid dienone is 1. The lowest BCUT2D eigenvalue weighted by atomic mass is 9.87. The first-order chi connectivity index (χ1) is 18.9. The molecular weight excluding hydrogens is 488 g/mol. The molecule has 7 N–H and O–H groups in total. The van der Waals surface area contributed by atoms with Gasteiger partial charge in [-0.2, -0.15) is 0 Å². The number of guanidine groups is 1. The maximum Gasteiger partial charge on any atom is 0.328 e. The Kier molecular flexibility index (Phi) is 12.7. The molecule has 8 heteroatoms. The number of aromatic amines is 1. The lowest BCUT2D eigenvalue weighted by Crippen LogP contribution is -2.46. The van der Waals surface area contributed by atoms with Gasteiger partial charge in [0.15, 0.2) is 5.96 Å². The van der Waals surface area contributed by atoms with Crippen molar-refractivity contribution in [2.45, 2.75) is 82.8 Å². The number of carboxylic acids is 1. The minimum atomic E-state index is -0.985. The van der Waals surface area contributed by atoms with Gasteiger partial charge in [0.1, 0.15) is 0 Å². The molecule has 0 saturated heterocycles. The van der Waals surface area contributed by atoms with E-state index in [4.69, 9.17) is 16.8 Å². The number of rotatable bonds is 17. The molecule has 0 amide bonds. The molecule has 8 nitrogen and oxygen atoms in total. The number of hydrogen-bond acceptors (Lipinski definition) is 5. The average molecular weight is 534 g/mol. The number of benzene rings is 1. The highest BCUT2D eigenvalue weighted by Gasteiger charge is 2.25. The molecule has 212 valence electrons. The van der Waals surface area contributed by atoms with Crippen molar-refractivity contribution in [3.8, 4) is 0 Å². The summed E-state index contributed by atoms with van der Waals surface area (Å²) in [6.45, 7) is 2.75. The third-order valence-electron chi connectivity index (χ3n) is 7.23. The Balaban J connectivity index is 1.77. The Morgan fingerprint density at radius 1 is 1.13 bits per heavy atom. The number of carboxylic acid groups (broad SMARTS) is 1. The van der Waals surface area contributed by atoms with Crippen LogP contribution in [0.5, 0.6) is 0 Å². The molecule has 39 heavy (non-hydrogen) atoms. The first-order valence-electron chi connectivity index (χ1n) is 14.3. The second-order valence-corrected chi connectivity index (χ2v) is 10.4. The van der Waals surface area contributed by atoms with Gasteiger partial charge in [-0.3, -0.25) is 4.99 Å². The molecule has 0 spiro atoms. The summed E-state index contributed by atoms with van der Waals surface area (Å²) in [6.07, 6.45) is 16.4. The van der Waals surface area contributed by atoms with E-state index >= 15 is 0 Å². The Labute approximate surface area is 233 Å². The van der Waals surface area contributed by atoms with Crippen molar-refractivity contribution in [3.63, 3.8) is 0 Å². The number of hydrogen-bond donors (Lipinski definition) is 5. The van der Waals surface area contributed by atoms with Gasteiger partial charge < -0.3 is 32.2 Å². The van der Waals surface area contributed by atoms with Crippen molar-refractivity contribution in [2.75, 3.05) is 6.54 Å². The van der Waals surface area contributed by atoms with Gasteiger partial charge in [0, 0.05) is 18.7 Å². The van der Waals surface area contributed by atoms with E-state index < -0.39 is 5.97 Å². The lowest BCUT2D eigenvalue weighted by Gasteiger charge is -2.35. The van der Waals surface area contributed by atoms with Crippen LogP contribution in [0.25, 0.3) is 11.4 Å². The van der Waals surface area contributed by atoms with Crippen molar-refractivity contribution in [3.05, 3.63) is 77.3 Å².